The molecule has 1 saturated heterocycles. The Morgan fingerprint density at radius 3 is 2.89 bits per heavy atom. The minimum atomic E-state index is 0.293. The van der Waals surface area contributed by atoms with Gasteiger partial charge in [0.1, 0.15) is 0 Å². The minimum absolute atomic E-state index is 0.293. The Bertz CT molecular complexity index is 450. The Morgan fingerprint density at radius 2 is 2.00 bits per heavy atom. The number of nitrogens with one attached hydrogen (secondary N) is 1. The van der Waals surface area contributed by atoms with Crippen molar-refractivity contribution in [3.05, 3.63) is 35.4 Å². The molecule has 1 aliphatic heterocycles. The average molecular weight is 243 g/mol. The molecule has 1 aromatic rings. The molecule has 2 nitrogen and oxygen atoms in total. The summed E-state index contributed by atoms with van der Waals surface area (Å²) in [5.41, 5.74) is 3.23. The molecule has 0 amide bonds. The number of morpholine rings is 1. The molecule has 1 saturated carbocycles. The van der Waals surface area contributed by atoms with Crippen LogP contribution in [0.3, 0.4) is 0 Å². The van der Waals surface area contributed by atoms with Crippen LogP contribution in [-0.2, 0) is 11.2 Å². The SMILES string of the molecule is c1ccc2c(c1)CCC1NC3(CCCC3)COC21. The van der Waals surface area contributed by atoms with Gasteiger partial charge in [0, 0.05) is 11.6 Å². The summed E-state index contributed by atoms with van der Waals surface area (Å²) in [7, 11) is 0. The van der Waals surface area contributed by atoms with E-state index in [9.17, 15) is 0 Å². The van der Waals surface area contributed by atoms with Crippen molar-refractivity contribution in [2.24, 2.45) is 0 Å². The second kappa shape index (κ2) is 4.07. The molecule has 1 heterocycles. The first-order valence-electron chi connectivity index (χ1n) is 7.33. The number of hydrogen-bond donors (Lipinski definition) is 1. The van der Waals surface area contributed by atoms with Gasteiger partial charge >= 0.3 is 0 Å². The van der Waals surface area contributed by atoms with Crippen LogP contribution < -0.4 is 5.32 Å². The summed E-state index contributed by atoms with van der Waals surface area (Å²) in [6.45, 7) is 0.905. The minimum Gasteiger partial charge on any atom is -0.370 e. The van der Waals surface area contributed by atoms with Gasteiger partial charge < -0.3 is 10.1 Å². The van der Waals surface area contributed by atoms with Crippen LogP contribution >= 0.6 is 0 Å². The summed E-state index contributed by atoms with van der Waals surface area (Å²) in [5, 5.41) is 3.95. The van der Waals surface area contributed by atoms with Crippen LogP contribution in [0, 0.1) is 0 Å². The first kappa shape index (κ1) is 11.0. The molecule has 18 heavy (non-hydrogen) atoms. The third kappa shape index (κ3) is 1.63. The van der Waals surface area contributed by atoms with Crippen LogP contribution in [0.5, 0.6) is 0 Å². The van der Waals surface area contributed by atoms with Gasteiger partial charge in [0.05, 0.1) is 12.7 Å². The molecule has 2 heteroatoms. The zero-order valence-electron chi connectivity index (χ0n) is 10.8. The van der Waals surface area contributed by atoms with E-state index in [0.29, 0.717) is 17.7 Å². The van der Waals surface area contributed by atoms with E-state index in [-0.39, 0.29) is 0 Å². The topological polar surface area (TPSA) is 21.3 Å². The first-order valence-corrected chi connectivity index (χ1v) is 7.33. The molecule has 2 atom stereocenters. The van der Waals surface area contributed by atoms with Crippen molar-refractivity contribution in [3.63, 3.8) is 0 Å². The van der Waals surface area contributed by atoms with E-state index in [1.54, 1.807) is 0 Å². The molecule has 0 radical (unpaired) electrons. The molecule has 0 aromatic heterocycles. The Morgan fingerprint density at radius 1 is 1.17 bits per heavy atom. The maximum atomic E-state index is 6.28. The van der Waals surface area contributed by atoms with Gasteiger partial charge in [0.2, 0.25) is 0 Å². The number of fused-ring (bicyclic) bond motifs is 3. The fourth-order valence-corrected chi connectivity index (χ4v) is 4.10. The third-order valence-electron chi connectivity index (χ3n) is 5.04. The molecule has 1 N–H and O–H groups in total. The molecule has 2 fully saturated rings. The van der Waals surface area contributed by atoms with Crippen LogP contribution in [0.25, 0.3) is 0 Å². The highest BCUT2D eigenvalue weighted by Crippen LogP contribution is 2.41. The predicted octanol–water partition coefficient (Wildman–Crippen LogP) is 2.98. The molecule has 3 aliphatic rings. The Labute approximate surface area is 109 Å². The maximum absolute atomic E-state index is 6.28. The Hall–Kier alpha value is -0.860. The Kier molecular flexibility index (Phi) is 2.49. The van der Waals surface area contributed by atoms with Crippen molar-refractivity contribution in [2.45, 2.75) is 56.2 Å². The lowest BCUT2D eigenvalue weighted by Gasteiger charge is -2.46. The number of aryl methyl sites for hydroxylation is 1. The summed E-state index contributed by atoms with van der Waals surface area (Å²) >= 11 is 0. The second-order valence-corrected chi connectivity index (χ2v) is 6.21. The molecule has 1 aromatic carbocycles. The normalized spacial score (nSPS) is 33.1. The largest absolute Gasteiger partial charge is 0.370 e. The highest BCUT2D eigenvalue weighted by atomic mass is 16.5. The first-order chi connectivity index (χ1) is 8.86. The van der Waals surface area contributed by atoms with Crippen LogP contribution in [0.2, 0.25) is 0 Å². The van der Waals surface area contributed by atoms with Gasteiger partial charge in [0.25, 0.3) is 0 Å². The van der Waals surface area contributed by atoms with E-state index in [0.717, 1.165) is 6.61 Å². The molecule has 1 spiro atoms. The molecule has 2 aliphatic carbocycles. The summed E-state index contributed by atoms with van der Waals surface area (Å²) in [5.74, 6) is 0. The predicted molar refractivity (Wildman–Crippen MR) is 71.6 cm³/mol. The summed E-state index contributed by atoms with van der Waals surface area (Å²) in [6, 6.07) is 9.33. The van der Waals surface area contributed by atoms with Gasteiger partial charge in [-0.1, -0.05) is 37.1 Å². The lowest BCUT2D eigenvalue weighted by atomic mass is 9.82. The molecule has 96 valence electrons. The van der Waals surface area contributed by atoms with Crippen molar-refractivity contribution in [2.75, 3.05) is 6.61 Å². The maximum Gasteiger partial charge on any atom is 0.0981 e. The van der Waals surface area contributed by atoms with Gasteiger partial charge in [-0.15, -0.1) is 0 Å². The monoisotopic (exact) mass is 243 g/mol. The van der Waals surface area contributed by atoms with Gasteiger partial charge in [-0.05, 0) is 36.8 Å². The fourth-order valence-electron chi connectivity index (χ4n) is 4.10. The van der Waals surface area contributed by atoms with Gasteiger partial charge in [-0.3, -0.25) is 0 Å². The summed E-state index contributed by atoms with van der Waals surface area (Å²) in [4.78, 5) is 0. The van der Waals surface area contributed by atoms with Crippen molar-refractivity contribution < 1.29 is 4.74 Å². The van der Waals surface area contributed by atoms with Crippen LogP contribution in [0.1, 0.15) is 49.3 Å². The molecular weight excluding hydrogens is 222 g/mol. The average Bonchev–Trinajstić information content (AvgIpc) is 2.86. The number of hydrogen-bond acceptors (Lipinski definition) is 2. The zero-order chi connectivity index (χ0) is 12.0. The van der Waals surface area contributed by atoms with Crippen molar-refractivity contribution >= 4 is 0 Å². The van der Waals surface area contributed by atoms with Crippen molar-refractivity contribution in [1.82, 2.24) is 5.32 Å². The Balaban J connectivity index is 1.62. The second-order valence-electron chi connectivity index (χ2n) is 6.21. The standard InChI is InChI=1S/C16H21NO/c1-2-6-13-12(5-1)7-8-14-15(13)18-11-16(17-14)9-3-4-10-16/h1-2,5-6,14-15,17H,3-4,7-11H2. The molecule has 2 unspecified atom stereocenters. The van der Waals surface area contributed by atoms with Gasteiger partial charge in [-0.2, -0.15) is 0 Å². The van der Waals surface area contributed by atoms with E-state index in [4.69, 9.17) is 4.74 Å². The van der Waals surface area contributed by atoms with E-state index in [1.165, 1.54) is 49.7 Å². The highest BCUT2D eigenvalue weighted by Gasteiger charge is 2.44. The number of rotatable bonds is 0. The smallest absolute Gasteiger partial charge is 0.0981 e. The van der Waals surface area contributed by atoms with E-state index in [2.05, 4.69) is 29.6 Å². The van der Waals surface area contributed by atoms with E-state index >= 15 is 0 Å². The molecule has 0 bridgehead atoms. The lowest BCUT2D eigenvalue weighted by Crippen LogP contribution is -2.59. The van der Waals surface area contributed by atoms with E-state index < -0.39 is 0 Å². The summed E-state index contributed by atoms with van der Waals surface area (Å²) in [6.07, 6.45) is 8.05. The summed E-state index contributed by atoms with van der Waals surface area (Å²) < 4.78 is 6.28. The number of ether oxygens (including phenoxy) is 1. The lowest BCUT2D eigenvalue weighted by molar-refractivity contribution is -0.0690. The zero-order valence-corrected chi connectivity index (χ0v) is 10.8. The fraction of sp³-hybridized carbons (Fsp3) is 0.625. The van der Waals surface area contributed by atoms with Crippen LogP contribution in [-0.4, -0.2) is 18.2 Å². The van der Waals surface area contributed by atoms with Gasteiger partial charge in [0.15, 0.2) is 0 Å². The quantitative estimate of drug-likeness (QED) is 0.756. The van der Waals surface area contributed by atoms with Gasteiger partial charge in [-0.25, -0.2) is 0 Å². The highest BCUT2D eigenvalue weighted by molar-refractivity contribution is 5.33. The van der Waals surface area contributed by atoms with Crippen LogP contribution in [0.4, 0.5) is 0 Å². The van der Waals surface area contributed by atoms with E-state index in [1.807, 2.05) is 0 Å². The van der Waals surface area contributed by atoms with Crippen LogP contribution in [0.15, 0.2) is 24.3 Å². The molecule has 4 rings (SSSR count). The van der Waals surface area contributed by atoms with Crippen molar-refractivity contribution in [3.8, 4) is 0 Å². The number of benzene rings is 1. The molecular formula is C16H21NO. The third-order valence-corrected chi connectivity index (χ3v) is 5.04. The van der Waals surface area contributed by atoms with Crippen molar-refractivity contribution in [1.29, 1.82) is 0 Å².